The molecule has 0 unspecified atom stereocenters. The molecule has 1 aliphatic carbocycles. The molecule has 2 aromatic carbocycles. The Morgan fingerprint density at radius 3 is 2.45 bits per heavy atom. The van der Waals surface area contributed by atoms with E-state index in [2.05, 4.69) is 16.0 Å². The molecule has 0 N–H and O–H groups in total. The van der Waals surface area contributed by atoms with Crippen LogP contribution < -0.4 is 0 Å². The Morgan fingerprint density at radius 2 is 1.66 bits per heavy atom. The fraction of sp³-hybridized carbons (Fsp3) is 0.333. The number of aromatic nitrogens is 2. The molecule has 1 heterocycles. The summed E-state index contributed by atoms with van der Waals surface area (Å²) in [6.45, 7) is 1.91. The van der Waals surface area contributed by atoms with Gasteiger partial charge in [-0.3, -0.25) is 9.59 Å². The van der Waals surface area contributed by atoms with Gasteiger partial charge in [-0.15, -0.1) is 0 Å². The highest BCUT2D eigenvalue weighted by molar-refractivity contribution is 5.97. The van der Waals surface area contributed by atoms with Crippen LogP contribution in [0.2, 0.25) is 0 Å². The van der Waals surface area contributed by atoms with E-state index in [1.807, 2.05) is 43.3 Å². The summed E-state index contributed by atoms with van der Waals surface area (Å²) < 4.78 is 5.34. The van der Waals surface area contributed by atoms with Gasteiger partial charge >= 0.3 is 5.97 Å². The second kappa shape index (κ2) is 8.52. The first-order valence-corrected chi connectivity index (χ1v) is 10.1. The smallest absolute Gasteiger partial charge is 0.306 e. The van der Waals surface area contributed by atoms with E-state index < -0.39 is 5.97 Å². The fourth-order valence-corrected chi connectivity index (χ4v) is 3.75. The lowest BCUT2D eigenvalue weighted by molar-refractivity contribution is -0.145. The second-order valence-corrected chi connectivity index (χ2v) is 7.52. The molecule has 3 aromatic rings. The minimum Gasteiger partial charge on any atom is -0.459 e. The van der Waals surface area contributed by atoms with Crippen molar-refractivity contribution in [3.05, 3.63) is 70.5 Å². The van der Waals surface area contributed by atoms with E-state index in [1.165, 1.54) is 24.0 Å². The molecule has 0 saturated heterocycles. The van der Waals surface area contributed by atoms with Crippen molar-refractivity contribution in [2.75, 3.05) is 0 Å². The summed E-state index contributed by atoms with van der Waals surface area (Å²) >= 11 is 0. The van der Waals surface area contributed by atoms with Crippen molar-refractivity contribution in [1.29, 1.82) is 0 Å². The normalized spacial score (nSPS) is 13.1. The van der Waals surface area contributed by atoms with Crippen LogP contribution in [0.1, 0.15) is 58.6 Å². The first-order valence-electron chi connectivity index (χ1n) is 10.1. The minimum absolute atomic E-state index is 0.0167. The largest absolute Gasteiger partial charge is 0.459 e. The molecule has 1 aliphatic rings. The number of Topliss-reactive ketones (excluding diaryl/α,β-unsaturated/α-hetero) is 1. The molecular weight excluding hydrogens is 364 g/mol. The van der Waals surface area contributed by atoms with E-state index in [0.29, 0.717) is 11.3 Å². The predicted octanol–water partition coefficient (Wildman–Crippen LogP) is 4.52. The summed E-state index contributed by atoms with van der Waals surface area (Å²) in [5, 5.41) is 0. The molecule has 0 spiro atoms. The quantitative estimate of drug-likeness (QED) is 0.459. The Balaban J connectivity index is 1.32. The minimum atomic E-state index is -0.398. The zero-order chi connectivity index (χ0) is 20.2. The lowest BCUT2D eigenvalue weighted by Crippen LogP contribution is -2.11. The van der Waals surface area contributed by atoms with E-state index in [1.54, 1.807) is 0 Å². The lowest BCUT2D eigenvalue weighted by atomic mass is 9.89. The van der Waals surface area contributed by atoms with Gasteiger partial charge in [-0.05, 0) is 61.9 Å². The topological polar surface area (TPSA) is 69.2 Å². The molecule has 5 nitrogen and oxygen atoms in total. The molecule has 0 atom stereocenters. The Bertz CT molecular complexity index is 1070. The first-order chi connectivity index (χ1) is 14.1. The summed E-state index contributed by atoms with van der Waals surface area (Å²) in [7, 11) is 0. The van der Waals surface area contributed by atoms with Crippen LogP contribution in [0.25, 0.3) is 11.0 Å². The predicted molar refractivity (Wildman–Crippen MR) is 111 cm³/mol. The molecule has 0 bridgehead atoms. The van der Waals surface area contributed by atoms with Gasteiger partial charge in [0.1, 0.15) is 6.61 Å². The number of carbonyl (C=O) groups excluding carboxylic acids is 2. The highest BCUT2D eigenvalue weighted by Gasteiger charge is 2.15. The first kappa shape index (κ1) is 19.2. The number of benzene rings is 2. The number of esters is 1. The van der Waals surface area contributed by atoms with Crippen molar-refractivity contribution in [2.24, 2.45) is 0 Å². The van der Waals surface area contributed by atoms with E-state index >= 15 is 0 Å². The highest BCUT2D eigenvalue weighted by atomic mass is 16.5. The van der Waals surface area contributed by atoms with Crippen molar-refractivity contribution >= 4 is 22.8 Å². The van der Waals surface area contributed by atoms with Crippen molar-refractivity contribution in [2.45, 2.75) is 52.1 Å². The van der Waals surface area contributed by atoms with Gasteiger partial charge in [0, 0.05) is 12.0 Å². The monoisotopic (exact) mass is 388 g/mol. The van der Waals surface area contributed by atoms with Gasteiger partial charge in [-0.2, -0.15) is 0 Å². The zero-order valence-electron chi connectivity index (χ0n) is 16.6. The maximum atomic E-state index is 12.5. The SMILES string of the molecule is Cc1nc2ccccc2nc1COC(=O)CCC(=O)c1ccc2c(c1)CCCC2. The van der Waals surface area contributed by atoms with Gasteiger partial charge in [-0.1, -0.05) is 24.3 Å². The van der Waals surface area contributed by atoms with Crippen molar-refractivity contribution < 1.29 is 14.3 Å². The fourth-order valence-electron chi connectivity index (χ4n) is 3.75. The van der Waals surface area contributed by atoms with Gasteiger partial charge < -0.3 is 4.74 Å². The van der Waals surface area contributed by atoms with Crippen LogP contribution in [-0.2, 0) is 29.0 Å². The molecule has 0 aliphatic heterocycles. The number of rotatable bonds is 6. The number of carbonyl (C=O) groups is 2. The van der Waals surface area contributed by atoms with Crippen LogP contribution in [0.5, 0.6) is 0 Å². The molecule has 0 radical (unpaired) electrons. The van der Waals surface area contributed by atoms with Gasteiger partial charge in [0.25, 0.3) is 0 Å². The maximum absolute atomic E-state index is 12.5. The third-order valence-corrected chi connectivity index (χ3v) is 5.44. The zero-order valence-corrected chi connectivity index (χ0v) is 16.6. The Morgan fingerprint density at radius 1 is 0.931 bits per heavy atom. The molecule has 0 fully saturated rings. The van der Waals surface area contributed by atoms with Gasteiger partial charge in [0.05, 0.1) is 28.8 Å². The highest BCUT2D eigenvalue weighted by Crippen LogP contribution is 2.23. The van der Waals surface area contributed by atoms with Gasteiger partial charge in [0.15, 0.2) is 5.78 Å². The molecule has 0 amide bonds. The van der Waals surface area contributed by atoms with Crippen molar-refractivity contribution in [1.82, 2.24) is 9.97 Å². The number of para-hydroxylation sites is 2. The van der Waals surface area contributed by atoms with Gasteiger partial charge in [0.2, 0.25) is 0 Å². The molecule has 5 heteroatoms. The number of ether oxygens (including phenoxy) is 1. The van der Waals surface area contributed by atoms with Crippen LogP contribution in [0.3, 0.4) is 0 Å². The molecular formula is C24H24N2O3. The summed E-state index contributed by atoms with van der Waals surface area (Å²) in [6, 6.07) is 13.5. The standard InChI is InChI=1S/C24H24N2O3/c1-16-22(26-21-9-5-4-8-20(21)25-16)15-29-24(28)13-12-23(27)19-11-10-17-6-2-3-7-18(17)14-19/h4-5,8-11,14H,2-3,6-7,12-13,15H2,1H3. The second-order valence-electron chi connectivity index (χ2n) is 7.52. The average molecular weight is 388 g/mol. The van der Waals surface area contributed by atoms with Crippen LogP contribution in [0.15, 0.2) is 42.5 Å². The van der Waals surface area contributed by atoms with Crippen LogP contribution >= 0.6 is 0 Å². The summed E-state index contributed by atoms with van der Waals surface area (Å²) in [6.07, 6.45) is 4.73. The third kappa shape index (κ3) is 4.50. The maximum Gasteiger partial charge on any atom is 0.306 e. The van der Waals surface area contributed by atoms with E-state index in [-0.39, 0.29) is 25.2 Å². The average Bonchev–Trinajstić information content (AvgIpc) is 2.75. The Kier molecular flexibility index (Phi) is 5.65. The molecule has 148 valence electrons. The molecule has 29 heavy (non-hydrogen) atoms. The third-order valence-electron chi connectivity index (χ3n) is 5.44. The van der Waals surface area contributed by atoms with Crippen molar-refractivity contribution in [3.63, 3.8) is 0 Å². The number of nitrogens with zero attached hydrogens (tertiary/aromatic N) is 2. The van der Waals surface area contributed by atoms with E-state index in [4.69, 9.17) is 4.74 Å². The Hall–Kier alpha value is -3.08. The van der Waals surface area contributed by atoms with Crippen LogP contribution in [-0.4, -0.2) is 21.7 Å². The number of hydrogen-bond donors (Lipinski definition) is 0. The van der Waals surface area contributed by atoms with E-state index in [9.17, 15) is 9.59 Å². The van der Waals surface area contributed by atoms with E-state index in [0.717, 1.165) is 29.6 Å². The number of ketones is 1. The van der Waals surface area contributed by atoms with Crippen molar-refractivity contribution in [3.8, 4) is 0 Å². The Labute approximate surface area is 170 Å². The molecule has 4 rings (SSSR count). The van der Waals surface area contributed by atoms with Crippen LogP contribution in [0, 0.1) is 6.92 Å². The summed E-state index contributed by atoms with van der Waals surface area (Å²) in [5.41, 5.74) is 6.27. The number of fused-ring (bicyclic) bond motifs is 2. The number of hydrogen-bond acceptors (Lipinski definition) is 5. The number of aryl methyl sites for hydroxylation is 3. The van der Waals surface area contributed by atoms with Gasteiger partial charge in [-0.25, -0.2) is 9.97 Å². The molecule has 1 aromatic heterocycles. The molecule has 0 saturated carbocycles. The summed E-state index contributed by atoms with van der Waals surface area (Å²) in [4.78, 5) is 33.6. The lowest BCUT2D eigenvalue weighted by Gasteiger charge is -2.16. The van der Waals surface area contributed by atoms with Crippen LogP contribution in [0.4, 0.5) is 0 Å². The summed E-state index contributed by atoms with van der Waals surface area (Å²) in [5.74, 6) is -0.414.